The van der Waals surface area contributed by atoms with Crippen LogP contribution in [0.4, 0.5) is 0 Å². The Morgan fingerprint density at radius 2 is 1.86 bits per heavy atom. The van der Waals surface area contributed by atoms with Gasteiger partial charge in [0.2, 0.25) is 0 Å². The third-order valence-electron chi connectivity index (χ3n) is 5.15. The van der Waals surface area contributed by atoms with Crippen molar-refractivity contribution in [2.24, 2.45) is 5.92 Å². The van der Waals surface area contributed by atoms with E-state index in [1.165, 1.54) is 25.7 Å². The monoisotopic (exact) mass is 406 g/mol. The second-order valence-electron chi connectivity index (χ2n) is 7.22. The summed E-state index contributed by atoms with van der Waals surface area (Å²) in [6, 6.07) is 10.6. The van der Waals surface area contributed by atoms with E-state index in [-0.39, 0.29) is 6.42 Å². The predicted octanol–water partition coefficient (Wildman–Crippen LogP) is 5.18. The Kier molecular flexibility index (Phi) is 12.1. The lowest BCUT2D eigenvalue weighted by molar-refractivity contribution is -0.143. The normalized spacial score (nSPS) is 18.5. The number of carboxylic acid groups (broad SMARTS) is 1. The Morgan fingerprint density at radius 1 is 1.21 bits per heavy atom. The van der Waals surface area contributed by atoms with Crippen molar-refractivity contribution >= 4 is 12.0 Å². The minimum Gasteiger partial charge on any atom is -0.481 e. The van der Waals surface area contributed by atoms with Crippen LogP contribution < -0.4 is 0 Å². The highest BCUT2D eigenvalue weighted by Gasteiger charge is 2.36. The number of benzene rings is 1. The Hall–Kier alpha value is -2.05. The van der Waals surface area contributed by atoms with Gasteiger partial charge in [0, 0.05) is 6.42 Å². The zero-order chi connectivity index (χ0) is 21.6. The number of rotatable bonds is 10. The van der Waals surface area contributed by atoms with Crippen LogP contribution in [-0.2, 0) is 14.5 Å². The SMILES string of the molecule is CCC(=O)O.CCCCC(CC)CC1CN(OC)C(=Cc2ccccc2)N1OC. The maximum absolute atomic E-state index is 9.37. The number of carboxylic acids is 1. The maximum Gasteiger partial charge on any atom is 0.303 e. The first-order chi connectivity index (χ1) is 14.0. The van der Waals surface area contributed by atoms with E-state index in [0.29, 0.717) is 6.04 Å². The van der Waals surface area contributed by atoms with Crippen LogP contribution in [0.3, 0.4) is 0 Å². The predicted molar refractivity (Wildman–Crippen MR) is 117 cm³/mol. The first kappa shape index (κ1) is 25.0. The smallest absolute Gasteiger partial charge is 0.303 e. The van der Waals surface area contributed by atoms with Crippen LogP contribution in [0.2, 0.25) is 0 Å². The minimum absolute atomic E-state index is 0.222. The summed E-state index contributed by atoms with van der Waals surface area (Å²) in [4.78, 5) is 20.7. The van der Waals surface area contributed by atoms with E-state index in [4.69, 9.17) is 14.8 Å². The molecule has 1 N–H and O–H groups in total. The minimum atomic E-state index is -0.745. The number of hydrogen-bond acceptors (Lipinski definition) is 5. The van der Waals surface area contributed by atoms with E-state index >= 15 is 0 Å². The summed E-state index contributed by atoms with van der Waals surface area (Å²) in [6.07, 6.45) is 8.57. The van der Waals surface area contributed by atoms with E-state index in [2.05, 4.69) is 32.1 Å². The summed E-state index contributed by atoms with van der Waals surface area (Å²) in [6.45, 7) is 6.99. The Labute approximate surface area is 176 Å². The summed E-state index contributed by atoms with van der Waals surface area (Å²) >= 11 is 0. The molecule has 0 aromatic heterocycles. The molecule has 0 amide bonds. The molecule has 164 valence electrons. The molecule has 1 aromatic carbocycles. The van der Waals surface area contributed by atoms with Gasteiger partial charge in [-0.15, -0.1) is 0 Å². The van der Waals surface area contributed by atoms with E-state index in [9.17, 15) is 4.79 Å². The van der Waals surface area contributed by atoms with Gasteiger partial charge in [-0.2, -0.15) is 0 Å². The van der Waals surface area contributed by atoms with Crippen LogP contribution in [0.15, 0.2) is 36.2 Å². The van der Waals surface area contributed by atoms with Crippen molar-refractivity contribution in [2.75, 3.05) is 20.8 Å². The summed E-state index contributed by atoms with van der Waals surface area (Å²) in [5, 5.41) is 11.7. The van der Waals surface area contributed by atoms with Gasteiger partial charge in [-0.3, -0.25) is 14.5 Å². The number of aliphatic carboxylic acids is 1. The van der Waals surface area contributed by atoms with Crippen molar-refractivity contribution < 1.29 is 19.6 Å². The van der Waals surface area contributed by atoms with Crippen molar-refractivity contribution in [1.29, 1.82) is 0 Å². The van der Waals surface area contributed by atoms with Gasteiger partial charge >= 0.3 is 5.97 Å². The molecule has 1 heterocycles. The van der Waals surface area contributed by atoms with Gasteiger partial charge < -0.3 is 5.11 Å². The highest BCUT2D eigenvalue weighted by molar-refractivity contribution is 5.66. The van der Waals surface area contributed by atoms with Gasteiger partial charge in [-0.05, 0) is 24.0 Å². The fourth-order valence-electron chi connectivity index (χ4n) is 3.44. The quantitative estimate of drug-likeness (QED) is 0.577. The first-order valence-electron chi connectivity index (χ1n) is 10.6. The Balaban J connectivity index is 0.000000749. The van der Waals surface area contributed by atoms with Crippen LogP contribution in [0.5, 0.6) is 0 Å². The van der Waals surface area contributed by atoms with Crippen molar-refractivity contribution in [1.82, 2.24) is 10.1 Å². The number of hydroxylamine groups is 4. The van der Waals surface area contributed by atoms with Gasteiger partial charge in [0.25, 0.3) is 0 Å². The molecule has 2 unspecified atom stereocenters. The van der Waals surface area contributed by atoms with Gasteiger partial charge in [0.15, 0.2) is 5.82 Å². The highest BCUT2D eigenvalue weighted by atomic mass is 16.7. The molecule has 1 fully saturated rings. The van der Waals surface area contributed by atoms with Gasteiger partial charge in [-0.25, -0.2) is 10.1 Å². The average Bonchev–Trinajstić information content (AvgIpc) is 3.08. The molecule has 6 heteroatoms. The molecule has 29 heavy (non-hydrogen) atoms. The number of unbranched alkanes of at least 4 members (excludes halogenated alkanes) is 1. The maximum atomic E-state index is 9.37. The largest absolute Gasteiger partial charge is 0.481 e. The molecule has 1 aliphatic rings. The molecular weight excluding hydrogens is 368 g/mol. The highest BCUT2D eigenvalue weighted by Crippen LogP contribution is 2.31. The zero-order valence-electron chi connectivity index (χ0n) is 18.6. The van der Waals surface area contributed by atoms with E-state index in [0.717, 1.165) is 30.3 Å². The summed E-state index contributed by atoms with van der Waals surface area (Å²) in [7, 11) is 3.47. The fraction of sp³-hybridized carbons (Fsp3) is 0.609. The molecule has 1 aliphatic heterocycles. The molecule has 2 atom stereocenters. The van der Waals surface area contributed by atoms with Crippen LogP contribution >= 0.6 is 0 Å². The average molecular weight is 407 g/mol. The number of carbonyl (C=O) groups is 1. The third-order valence-corrected chi connectivity index (χ3v) is 5.15. The second-order valence-corrected chi connectivity index (χ2v) is 7.22. The van der Waals surface area contributed by atoms with Crippen molar-refractivity contribution in [3.05, 3.63) is 41.7 Å². The van der Waals surface area contributed by atoms with E-state index in [1.54, 1.807) is 21.1 Å². The van der Waals surface area contributed by atoms with E-state index < -0.39 is 5.97 Å². The standard InChI is InChI=1S/C20H32N2O2.C3H6O2/c1-5-7-11-17(6-2)14-19-16-21(23-3)20(22(19)24-4)15-18-12-9-8-10-13-18;1-2-3(4)5/h8-10,12-13,15,17,19H,5-7,11,14,16H2,1-4H3;2H2,1H3,(H,4,5). The topological polar surface area (TPSA) is 62.2 Å². The Morgan fingerprint density at radius 3 is 2.34 bits per heavy atom. The van der Waals surface area contributed by atoms with Crippen molar-refractivity contribution in [3.8, 4) is 0 Å². The molecule has 6 nitrogen and oxygen atoms in total. The molecule has 0 bridgehead atoms. The molecule has 0 aliphatic carbocycles. The number of hydrogen-bond donors (Lipinski definition) is 1. The molecule has 2 rings (SSSR count). The summed E-state index contributed by atoms with van der Waals surface area (Å²) in [5.41, 5.74) is 1.15. The van der Waals surface area contributed by atoms with Crippen molar-refractivity contribution in [2.45, 2.75) is 65.3 Å². The molecule has 0 spiro atoms. The summed E-state index contributed by atoms with van der Waals surface area (Å²) in [5.74, 6) is 0.967. The van der Waals surface area contributed by atoms with Crippen LogP contribution in [-0.4, -0.2) is 48.0 Å². The third kappa shape index (κ3) is 8.46. The van der Waals surface area contributed by atoms with Gasteiger partial charge in [0.1, 0.15) is 0 Å². The van der Waals surface area contributed by atoms with Crippen LogP contribution in [0.1, 0.15) is 64.9 Å². The molecule has 1 saturated heterocycles. The Bertz CT molecular complexity index is 606. The zero-order valence-corrected chi connectivity index (χ0v) is 18.6. The molecule has 1 aromatic rings. The lowest BCUT2D eigenvalue weighted by atomic mass is 9.92. The van der Waals surface area contributed by atoms with Gasteiger partial charge in [-0.1, -0.05) is 76.8 Å². The first-order valence-corrected chi connectivity index (χ1v) is 10.6. The number of nitrogens with zero attached hydrogens (tertiary/aromatic N) is 2. The van der Waals surface area contributed by atoms with Crippen LogP contribution in [0, 0.1) is 5.92 Å². The molecule has 0 radical (unpaired) electrons. The van der Waals surface area contributed by atoms with E-state index in [1.807, 2.05) is 28.3 Å². The summed E-state index contributed by atoms with van der Waals surface area (Å²) < 4.78 is 0. The lowest BCUT2D eigenvalue weighted by Crippen LogP contribution is -2.31. The fourth-order valence-corrected chi connectivity index (χ4v) is 3.44. The second kappa shape index (κ2) is 14.0. The van der Waals surface area contributed by atoms with Gasteiger partial charge in [0.05, 0.1) is 26.8 Å². The lowest BCUT2D eigenvalue weighted by Gasteiger charge is -2.26. The van der Waals surface area contributed by atoms with Crippen molar-refractivity contribution in [3.63, 3.8) is 0 Å². The molecular formula is C23H38N2O4. The molecule has 0 saturated carbocycles. The van der Waals surface area contributed by atoms with Crippen LogP contribution in [0.25, 0.3) is 6.08 Å².